The van der Waals surface area contributed by atoms with Crippen molar-refractivity contribution in [3.05, 3.63) is 47.5 Å². The zero-order valence-corrected chi connectivity index (χ0v) is 11.3. The van der Waals surface area contributed by atoms with Crippen molar-refractivity contribution >= 4 is 11.7 Å². The normalized spacial score (nSPS) is 10.1. The number of carbonyl (C=O) groups is 1. The molecule has 20 heavy (non-hydrogen) atoms. The van der Waals surface area contributed by atoms with Gasteiger partial charge in [-0.15, -0.1) is 0 Å². The number of ether oxygens (including phenoxy) is 1. The molecule has 0 aliphatic rings. The van der Waals surface area contributed by atoms with Crippen molar-refractivity contribution in [2.24, 2.45) is 0 Å². The van der Waals surface area contributed by atoms with Crippen LogP contribution in [0.15, 0.2) is 30.5 Å². The van der Waals surface area contributed by atoms with E-state index in [0.29, 0.717) is 23.8 Å². The average Bonchev–Trinajstić information content (AvgIpc) is 2.44. The summed E-state index contributed by atoms with van der Waals surface area (Å²) in [5, 5.41) is 12.1. The van der Waals surface area contributed by atoms with Crippen LogP contribution in [0.1, 0.15) is 21.9 Å². The van der Waals surface area contributed by atoms with Crippen LogP contribution in [0.3, 0.4) is 0 Å². The fourth-order valence-corrected chi connectivity index (χ4v) is 1.77. The highest BCUT2D eigenvalue weighted by Crippen LogP contribution is 2.25. The first kappa shape index (κ1) is 13.8. The summed E-state index contributed by atoms with van der Waals surface area (Å²) in [6.07, 6.45) is 1.68. The molecular formula is C14H15N3O3. The van der Waals surface area contributed by atoms with E-state index in [4.69, 9.17) is 9.84 Å². The van der Waals surface area contributed by atoms with Crippen molar-refractivity contribution in [2.45, 2.75) is 13.5 Å². The lowest BCUT2D eigenvalue weighted by Gasteiger charge is -2.11. The largest absolute Gasteiger partial charge is 0.495 e. The summed E-state index contributed by atoms with van der Waals surface area (Å²) in [5.41, 5.74) is 1.64. The quantitative estimate of drug-likeness (QED) is 0.868. The Labute approximate surface area is 116 Å². The van der Waals surface area contributed by atoms with E-state index < -0.39 is 5.97 Å². The lowest BCUT2D eigenvalue weighted by Crippen LogP contribution is -2.06. The number of nitrogens with one attached hydrogen (secondary N) is 1. The van der Waals surface area contributed by atoms with Gasteiger partial charge in [-0.05, 0) is 31.2 Å². The molecule has 0 spiro atoms. The molecule has 2 N–H and O–H groups in total. The number of hydrogen-bond donors (Lipinski definition) is 2. The van der Waals surface area contributed by atoms with E-state index in [2.05, 4.69) is 15.3 Å². The number of carboxylic acid groups (broad SMARTS) is 1. The number of methoxy groups -OCH3 is 1. The molecule has 0 unspecified atom stereocenters. The van der Waals surface area contributed by atoms with E-state index in [1.807, 2.05) is 6.92 Å². The Morgan fingerprint density at radius 3 is 2.85 bits per heavy atom. The predicted octanol–water partition coefficient (Wildman–Crippen LogP) is 2.10. The standard InChI is InChI=1S/C14H15N3O3/c1-9-15-6-5-11(17-9)8-16-12-7-10(14(18)19)3-4-13(12)20-2/h3-7,16H,8H2,1-2H3,(H,18,19). The summed E-state index contributed by atoms with van der Waals surface area (Å²) in [7, 11) is 1.54. The SMILES string of the molecule is COc1ccc(C(=O)O)cc1NCc1ccnc(C)n1. The second kappa shape index (κ2) is 6.01. The molecule has 6 heteroatoms. The molecule has 0 radical (unpaired) electrons. The number of anilines is 1. The Balaban J connectivity index is 2.19. The van der Waals surface area contributed by atoms with E-state index in [1.54, 1.807) is 18.3 Å². The van der Waals surface area contributed by atoms with Gasteiger partial charge in [0.1, 0.15) is 11.6 Å². The molecule has 1 aromatic carbocycles. The molecule has 0 saturated carbocycles. The van der Waals surface area contributed by atoms with Crippen LogP contribution in [-0.4, -0.2) is 28.2 Å². The van der Waals surface area contributed by atoms with E-state index in [-0.39, 0.29) is 5.56 Å². The van der Waals surface area contributed by atoms with Crippen LogP contribution in [0.2, 0.25) is 0 Å². The van der Waals surface area contributed by atoms with Crippen LogP contribution < -0.4 is 10.1 Å². The molecule has 6 nitrogen and oxygen atoms in total. The molecule has 0 atom stereocenters. The van der Waals surface area contributed by atoms with Crippen LogP contribution >= 0.6 is 0 Å². The second-order valence-electron chi connectivity index (χ2n) is 4.17. The van der Waals surface area contributed by atoms with Crippen LogP contribution in [0.5, 0.6) is 5.75 Å². The Morgan fingerprint density at radius 1 is 1.40 bits per heavy atom. The molecule has 0 aliphatic heterocycles. The molecular weight excluding hydrogens is 258 g/mol. The van der Waals surface area contributed by atoms with Gasteiger partial charge in [-0.1, -0.05) is 0 Å². The van der Waals surface area contributed by atoms with Crippen LogP contribution in [0.25, 0.3) is 0 Å². The summed E-state index contributed by atoms with van der Waals surface area (Å²) >= 11 is 0. The number of benzene rings is 1. The molecule has 104 valence electrons. The van der Waals surface area contributed by atoms with Gasteiger partial charge in [0, 0.05) is 6.20 Å². The third-order valence-corrected chi connectivity index (χ3v) is 2.74. The van der Waals surface area contributed by atoms with Crippen LogP contribution in [0.4, 0.5) is 5.69 Å². The van der Waals surface area contributed by atoms with Gasteiger partial charge in [0.2, 0.25) is 0 Å². The maximum Gasteiger partial charge on any atom is 0.335 e. The van der Waals surface area contributed by atoms with Gasteiger partial charge in [-0.2, -0.15) is 0 Å². The number of hydrogen-bond acceptors (Lipinski definition) is 5. The Kier molecular flexibility index (Phi) is 4.14. The topological polar surface area (TPSA) is 84.3 Å². The highest BCUT2D eigenvalue weighted by molar-refractivity contribution is 5.89. The highest BCUT2D eigenvalue weighted by atomic mass is 16.5. The van der Waals surface area contributed by atoms with Gasteiger partial charge >= 0.3 is 5.97 Å². The summed E-state index contributed by atoms with van der Waals surface area (Å²) in [6, 6.07) is 6.46. The van der Waals surface area contributed by atoms with Gasteiger partial charge < -0.3 is 15.2 Å². The summed E-state index contributed by atoms with van der Waals surface area (Å²) in [4.78, 5) is 19.3. The zero-order chi connectivity index (χ0) is 14.5. The van der Waals surface area contributed by atoms with Crippen molar-refractivity contribution in [2.75, 3.05) is 12.4 Å². The number of aromatic nitrogens is 2. The third-order valence-electron chi connectivity index (χ3n) is 2.74. The van der Waals surface area contributed by atoms with E-state index in [1.165, 1.54) is 19.2 Å². The minimum Gasteiger partial charge on any atom is -0.495 e. The fraction of sp³-hybridized carbons (Fsp3) is 0.214. The maximum absolute atomic E-state index is 11.0. The smallest absolute Gasteiger partial charge is 0.335 e. The van der Waals surface area contributed by atoms with Gasteiger partial charge in [-0.25, -0.2) is 14.8 Å². The Hall–Kier alpha value is -2.63. The third kappa shape index (κ3) is 3.23. The molecule has 1 aromatic heterocycles. The number of nitrogens with zero attached hydrogens (tertiary/aromatic N) is 2. The predicted molar refractivity (Wildman–Crippen MR) is 74.0 cm³/mol. The zero-order valence-electron chi connectivity index (χ0n) is 11.3. The number of aromatic carboxylic acids is 1. The van der Waals surface area contributed by atoms with Gasteiger partial charge in [0.15, 0.2) is 0 Å². The van der Waals surface area contributed by atoms with Crippen molar-refractivity contribution in [1.82, 2.24) is 9.97 Å². The first-order chi connectivity index (χ1) is 9.60. The molecule has 1 heterocycles. The molecule has 0 saturated heterocycles. The number of rotatable bonds is 5. The van der Waals surface area contributed by atoms with Crippen molar-refractivity contribution < 1.29 is 14.6 Å². The fourth-order valence-electron chi connectivity index (χ4n) is 1.77. The van der Waals surface area contributed by atoms with Crippen molar-refractivity contribution in [3.8, 4) is 5.75 Å². The highest BCUT2D eigenvalue weighted by Gasteiger charge is 2.09. The van der Waals surface area contributed by atoms with E-state index in [0.717, 1.165) is 5.69 Å². The lowest BCUT2D eigenvalue weighted by atomic mass is 10.2. The average molecular weight is 273 g/mol. The first-order valence-electron chi connectivity index (χ1n) is 6.04. The van der Waals surface area contributed by atoms with Crippen molar-refractivity contribution in [3.63, 3.8) is 0 Å². The van der Waals surface area contributed by atoms with Crippen molar-refractivity contribution in [1.29, 1.82) is 0 Å². The summed E-state index contributed by atoms with van der Waals surface area (Å²) in [5.74, 6) is 0.296. The molecule has 2 rings (SSSR count). The second-order valence-corrected chi connectivity index (χ2v) is 4.17. The lowest BCUT2D eigenvalue weighted by molar-refractivity contribution is 0.0697. The number of carboxylic acids is 1. The van der Waals surface area contributed by atoms with E-state index >= 15 is 0 Å². The molecule has 0 fully saturated rings. The van der Waals surface area contributed by atoms with Gasteiger partial charge in [0.25, 0.3) is 0 Å². The van der Waals surface area contributed by atoms with Crippen LogP contribution in [-0.2, 0) is 6.54 Å². The minimum atomic E-state index is -0.978. The Morgan fingerprint density at radius 2 is 2.20 bits per heavy atom. The molecule has 2 aromatic rings. The maximum atomic E-state index is 11.0. The first-order valence-corrected chi connectivity index (χ1v) is 6.04. The Bertz CT molecular complexity index is 629. The van der Waals surface area contributed by atoms with Crippen LogP contribution in [0, 0.1) is 6.92 Å². The molecule has 0 amide bonds. The minimum absolute atomic E-state index is 0.201. The summed E-state index contributed by atoms with van der Waals surface area (Å²) < 4.78 is 5.20. The van der Waals surface area contributed by atoms with Gasteiger partial charge in [-0.3, -0.25) is 0 Å². The summed E-state index contributed by atoms with van der Waals surface area (Å²) in [6.45, 7) is 2.28. The van der Waals surface area contributed by atoms with Gasteiger partial charge in [0.05, 0.1) is 30.6 Å². The number of aryl methyl sites for hydroxylation is 1. The molecule has 0 aliphatic carbocycles. The monoisotopic (exact) mass is 273 g/mol. The van der Waals surface area contributed by atoms with E-state index in [9.17, 15) is 4.79 Å². The molecule has 0 bridgehead atoms.